The van der Waals surface area contributed by atoms with Crippen molar-refractivity contribution in [2.45, 2.75) is 26.2 Å². The van der Waals surface area contributed by atoms with Crippen molar-refractivity contribution in [3.05, 3.63) is 70.9 Å². The van der Waals surface area contributed by atoms with Gasteiger partial charge in [-0.3, -0.25) is 4.79 Å². The molecule has 1 aromatic heterocycles. The number of carbonyl (C=O) groups excluding carboxylic acids is 2. The van der Waals surface area contributed by atoms with Crippen molar-refractivity contribution in [2.75, 3.05) is 18.5 Å². The van der Waals surface area contributed by atoms with Gasteiger partial charge in [-0.15, -0.1) is 0 Å². The zero-order chi connectivity index (χ0) is 24.2. The largest absolute Gasteiger partial charge is 0.478 e. The normalized spacial score (nSPS) is 13.0. The first kappa shape index (κ1) is 23.4. The van der Waals surface area contributed by atoms with Gasteiger partial charge >= 0.3 is 12.1 Å². The van der Waals surface area contributed by atoms with Gasteiger partial charge in [-0.05, 0) is 47.1 Å². The standard InChI is InChI=1S/C25H25N3O5S/c1-14(22(29)27-23-21(24(30)31)15(2)28-34-23)11-12-26-25(32)33-13-20-18-9-5-3-7-16(18)17-8-4-6-10-19(17)20/h3-10,14,20H,11-13H2,1-2H3,(H,26,32)(H,27,29)(H,30,31). The predicted molar refractivity (Wildman–Crippen MR) is 129 cm³/mol. The van der Waals surface area contributed by atoms with Crippen LogP contribution in [0, 0.1) is 12.8 Å². The first-order chi connectivity index (χ1) is 16.4. The Hall–Kier alpha value is -3.72. The molecule has 1 aliphatic carbocycles. The molecule has 4 rings (SSSR count). The smallest absolute Gasteiger partial charge is 0.407 e. The molecule has 1 heterocycles. The maximum atomic E-state index is 12.4. The Bertz CT molecular complexity index is 1190. The van der Waals surface area contributed by atoms with Crippen molar-refractivity contribution in [2.24, 2.45) is 5.92 Å². The SMILES string of the molecule is Cc1nsc(NC(=O)C(C)CCNC(=O)OCC2c3ccccc3-c3ccccc32)c1C(=O)O. The number of fused-ring (bicyclic) bond motifs is 3. The maximum Gasteiger partial charge on any atom is 0.407 e. The van der Waals surface area contributed by atoms with E-state index in [0.29, 0.717) is 12.1 Å². The predicted octanol–water partition coefficient (Wildman–Crippen LogP) is 4.65. The number of hydrogen-bond acceptors (Lipinski definition) is 6. The van der Waals surface area contributed by atoms with Gasteiger partial charge in [0.05, 0.1) is 5.69 Å². The Morgan fingerprint density at radius 2 is 1.71 bits per heavy atom. The van der Waals surface area contributed by atoms with Crippen LogP contribution in [0.3, 0.4) is 0 Å². The second-order valence-electron chi connectivity index (χ2n) is 8.21. The Kier molecular flexibility index (Phi) is 6.93. The third kappa shape index (κ3) is 4.79. The summed E-state index contributed by atoms with van der Waals surface area (Å²) in [4.78, 5) is 36.1. The molecular formula is C25H25N3O5S. The fourth-order valence-electron chi connectivity index (χ4n) is 4.11. The monoisotopic (exact) mass is 479 g/mol. The van der Waals surface area contributed by atoms with Gasteiger partial charge in [-0.25, -0.2) is 9.59 Å². The molecule has 1 unspecified atom stereocenters. The lowest BCUT2D eigenvalue weighted by molar-refractivity contribution is -0.119. The summed E-state index contributed by atoms with van der Waals surface area (Å²) in [6.07, 6.45) is -0.170. The molecule has 0 saturated carbocycles. The molecule has 0 saturated heterocycles. The number of aryl methyl sites for hydroxylation is 1. The molecular weight excluding hydrogens is 454 g/mol. The second kappa shape index (κ2) is 10.0. The number of anilines is 1. The molecule has 34 heavy (non-hydrogen) atoms. The molecule has 2 amide bonds. The summed E-state index contributed by atoms with van der Waals surface area (Å²) in [7, 11) is 0. The summed E-state index contributed by atoms with van der Waals surface area (Å²) < 4.78 is 9.49. The number of hydrogen-bond donors (Lipinski definition) is 3. The first-order valence-corrected chi connectivity index (χ1v) is 11.7. The number of aromatic carboxylic acids is 1. The topological polar surface area (TPSA) is 118 Å². The lowest BCUT2D eigenvalue weighted by Gasteiger charge is -2.15. The lowest BCUT2D eigenvalue weighted by Crippen LogP contribution is -2.30. The molecule has 8 nitrogen and oxygen atoms in total. The van der Waals surface area contributed by atoms with E-state index in [1.807, 2.05) is 24.3 Å². The first-order valence-electron chi connectivity index (χ1n) is 11.0. The molecule has 0 spiro atoms. The van der Waals surface area contributed by atoms with Crippen molar-refractivity contribution >= 4 is 34.5 Å². The van der Waals surface area contributed by atoms with E-state index in [4.69, 9.17) is 4.74 Å². The van der Waals surface area contributed by atoms with E-state index in [-0.39, 0.29) is 35.5 Å². The van der Waals surface area contributed by atoms with Crippen LogP contribution < -0.4 is 10.6 Å². The Morgan fingerprint density at radius 1 is 1.09 bits per heavy atom. The number of carbonyl (C=O) groups is 3. The number of aromatic nitrogens is 1. The summed E-state index contributed by atoms with van der Waals surface area (Å²) in [5.41, 5.74) is 4.96. The molecule has 176 valence electrons. The van der Waals surface area contributed by atoms with Gasteiger partial charge < -0.3 is 20.5 Å². The highest BCUT2D eigenvalue weighted by atomic mass is 32.1. The van der Waals surface area contributed by atoms with Crippen molar-refractivity contribution < 1.29 is 24.2 Å². The highest BCUT2D eigenvalue weighted by Crippen LogP contribution is 2.44. The molecule has 0 radical (unpaired) electrons. The minimum atomic E-state index is -1.13. The van der Waals surface area contributed by atoms with E-state index in [0.717, 1.165) is 33.8 Å². The zero-order valence-corrected chi connectivity index (χ0v) is 19.6. The van der Waals surface area contributed by atoms with Crippen molar-refractivity contribution in [3.8, 4) is 11.1 Å². The van der Waals surface area contributed by atoms with Crippen molar-refractivity contribution in [3.63, 3.8) is 0 Å². The summed E-state index contributed by atoms with van der Waals surface area (Å²) in [6.45, 7) is 3.76. The molecule has 1 atom stereocenters. The number of carboxylic acid groups (broad SMARTS) is 1. The van der Waals surface area contributed by atoms with Crippen molar-refractivity contribution in [1.82, 2.24) is 9.69 Å². The summed E-state index contributed by atoms with van der Waals surface area (Å²) >= 11 is 0.935. The van der Waals surface area contributed by atoms with E-state index in [2.05, 4.69) is 39.3 Å². The van der Waals surface area contributed by atoms with Crippen LogP contribution >= 0.6 is 11.5 Å². The molecule has 0 bridgehead atoms. The average molecular weight is 480 g/mol. The Labute approximate surface area is 201 Å². The van der Waals surface area contributed by atoms with Crippen LogP contribution in [0.1, 0.15) is 46.4 Å². The molecule has 0 fully saturated rings. The lowest BCUT2D eigenvalue weighted by atomic mass is 9.98. The molecule has 9 heteroatoms. The van der Waals surface area contributed by atoms with Gasteiger partial charge in [-0.1, -0.05) is 55.5 Å². The fourth-order valence-corrected chi connectivity index (χ4v) is 4.91. The van der Waals surface area contributed by atoms with Gasteiger partial charge in [-0.2, -0.15) is 4.37 Å². The van der Waals surface area contributed by atoms with Crippen LogP contribution in [0.4, 0.5) is 9.80 Å². The van der Waals surface area contributed by atoms with Crippen LogP contribution in [0.2, 0.25) is 0 Å². The quantitative estimate of drug-likeness (QED) is 0.433. The highest BCUT2D eigenvalue weighted by Gasteiger charge is 2.29. The molecule has 1 aliphatic rings. The summed E-state index contributed by atoms with van der Waals surface area (Å²) in [5.74, 6) is -1.93. The Balaban J connectivity index is 1.26. The third-order valence-corrected chi connectivity index (χ3v) is 6.81. The minimum Gasteiger partial charge on any atom is -0.478 e. The van der Waals surface area contributed by atoms with Crippen LogP contribution in [0.15, 0.2) is 48.5 Å². The van der Waals surface area contributed by atoms with E-state index >= 15 is 0 Å². The van der Waals surface area contributed by atoms with Crippen LogP contribution in [-0.4, -0.2) is 40.6 Å². The van der Waals surface area contributed by atoms with Gasteiger partial charge in [0, 0.05) is 18.4 Å². The number of carboxylic acids is 1. The van der Waals surface area contributed by atoms with Gasteiger partial charge in [0.1, 0.15) is 17.2 Å². The number of nitrogens with zero attached hydrogens (tertiary/aromatic N) is 1. The van der Waals surface area contributed by atoms with E-state index in [1.54, 1.807) is 13.8 Å². The van der Waals surface area contributed by atoms with Gasteiger partial charge in [0.2, 0.25) is 5.91 Å². The van der Waals surface area contributed by atoms with E-state index < -0.39 is 18.0 Å². The number of rotatable bonds is 8. The number of benzene rings is 2. The zero-order valence-electron chi connectivity index (χ0n) is 18.8. The van der Waals surface area contributed by atoms with Crippen LogP contribution in [0.5, 0.6) is 0 Å². The fraction of sp³-hybridized carbons (Fsp3) is 0.280. The van der Waals surface area contributed by atoms with Crippen molar-refractivity contribution in [1.29, 1.82) is 0 Å². The number of amides is 2. The maximum absolute atomic E-state index is 12.4. The van der Waals surface area contributed by atoms with Gasteiger partial charge in [0.15, 0.2) is 0 Å². The van der Waals surface area contributed by atoms with Gasteiger partial charge in [0.25, 0.3) is 0 Å². The molecule has 2 aromatic carbocycles. The highest BCUT2D eigenvalue weighted by molar-refractivity contribution is 7.11. The number of ether oxygens (including phenoxy) is 1. The van der Waals surface area contributed by atoms with E-state index in [9.17, 15) is 19.5 Å². The van der Waals surface area contributed by atoms with Crippen LogP contribution in [0.25, 0.3) is 11.1 Å². The molecule has 3 aromatic rings. The average Bonchev–Trinajstić information content (AvgIpc) is 3.35. The Morgan fingerprint density at radius 3 is 2.32 bits per heavy atom. The third-order valence-electron chi connectivity index (χ3n) is 5.95. The summed E-state index contributed by atoms with van der Waals surface area (Å²) in [5, 5.41) is 14.8. The minimum absolute atomic E-state index is 0.00214. The number of nitrogens with one attached hydrogen (secondary N) is 2. The second-order valence-corrected chi connectivity index (χ2v) is 8.98. The van der Waals surface area contributed by atoms with Crippen LogP contribution in [-0.2, 0) is 9.53 Å². The molecule has 0 aliphatic heterocycles. The van der Waals surface area contributed by atoms with E-state index in [1.165, 1.54) is 0 Å². The molecule has 3 N–H and O–H groups in total. The summed E-state index contributed by atoms with van der Waals surface area (Å²) in [6, 6.07) is 16.2. The number of alkyl carbamates (subject to hydrolysis) is 1.